The maximum atomic E-state index is 13.7. The fourth-order valence-electron chi connectivity index (χ4n) is 1.28. The van der Waals surface area contributed by atoms with Crippen LogP contribution in [0.4, 0.5) is 8.78 Å². The second kappa shape index (κ2) is 5.08. The second-order valence-electron chi connectivity index (χ2n) is 3.62. The number of carbonyl (C=O) groups is 1. The Morgan fingerprint density at radius 2 is 1.75 bits per heavy atom. The summed E-state index contributed by atoms with van der Waals surface area (Å²) in [5, 5.41) is -4.10. The topological polar surface area (TPSA) is 51.2 Å². The predicted molar refractivity (Wildman–Crippen MR) is 61.7 cm³/mol. The Kier molecular flexibility index (Phi) is 5.07. The van der Waals surface area contributed by atoms with Crippen LogP contribution in [0.25, 0.3) is 0 Å². The maximum Gasteiger partial charge on any atom is 0.367 e. The van der Waals surface area contributed by atoms with Crippen molar-refractivity contribution in [2.24, 2.45) is 0 Å². The van der Waals surface area contributed by atoms with E-state index < -0.39 is 25.2 Å². The Hall–Kier alpha value is -0.0400. The number of hydrogen-bond acceptors (Lipinski definition) is 3. The van der Waals surface area contributed by atoms with Gasteiger partial charge in [0, 0.05) is 12.7 Å². The molecule has 0 aliphatic heterocycles. The van der Waals surface area contributed by atoms with Crippen molar-refractivity contribution < 1.29 is 22.0 Å². The Labute approximate surface area is 103 Å². The van der Waals surface area contributed by atoms with Gasteiger partial charge in [-0.3, -0.25) is 4.79 Å². The van der Waals surface area contributed by atoms with Gasteiger partial charge in [0.15, 0.2) is 10.1 Å². The van der Waals surface area contributed by atoms with E-state index in [9.17, 15) is 22.0 Å². The zero-order chi connectivity index (χ0) is 13.2. The molecule has 0 saturated carbocycles. The Balaban J connectivity index is 5.50. The van der Waals surface area contributed by atoms with E-state index in [4.69, 9.17) is 0 Å². The summed E-state index contributed by atoms with van der Waals surface area (Å²) < 4.78 is 47.1. The highest BCUT2D eigenvalue weighted by atomic mass is 79.9. The smallest absolute Gasteiger partial charge is 0.298 e. The number of sulfone groups is 1. The van der Waals surface area contributed by atoms with Gasteiger partial charge in [-0.2, -0.15) is 8.78 Å². The molecule has 0 aromatic heterocycles. The first-order chi connectivity index (χ1) is 7.04. The molecule has 0 aromatic carbocycles. The molecule has 0 saturated heterocycles. The lowest BCUT2D eigenvalue weighted by atomic mass is 9.98. The number of rotatable bonds is 6. The Bertz CT molecular complexity index is 367. The van der Waals surface area contributed by atoms with Crippen molar-refractivity contribution in [2.75, 3.05) is 6.26 Å². The van der Waals surface area contributed by atoms with E-state index in [0.717, 1.165) is 0 Å². The Morgan fingerprint density at radius 3 is 2.00 bits per heavy atom. The van der Waals surface area contributed by atoms with Crippen molar-refractivity contribution in [3.05, 3.63) is 0 Å². The zero-order valence-electron chi connectivity index (χ0n) is 9.39. The average molecular weight is 321 g/mol. The maximum absolute atomic E-state index is 13.7. The highest BCUT2D eigenvalue weighted by Gasteiger charge is 2.62. The highest BCUT2D eigenvalue weighted by Crippen LogP contribution is 2.44. The molecule has 0 amide bonds. The van der Waals surface area contributed by atoms with Crippen molar-refractivity contribution in [3.8, 4) is 0 Å². The minimum absolute atomic E-state index is 0.0792. The molecule has 0 bridgehead atoms. The normalized spacial score (nSPS) is 16.9. The number of alkyl halides is 3. The van der Waals surface area contributed by atoms with Gasteiger partial charge in [-0.05, 0) is 12.8 Å². The lowest BCUT2D eigenvalue weighted by Gasteiger charge is -2.31. The van der Waals surface area contributed by atoms with E-state index in [1.165, 1.54) is 6.92 Å². The summed E-state index contributed by atoms with van der Waals surface area (Å²) in [6.07, 6.45) is 0.458. The van der Waals surface area contributed by atoms with Crippen molar-refractivity contribution in [3.63, 3.8) is 0 Å². The first-order valence-corrected chi connectivity index (χ1v) is 7.52. The van der Waals surface area contributed by atoms with Gasteiger partial charge in [0.2, 0.25) is 9.84 Å². The van der Waals surface area contributed by atoms with Crippen molar-refractivity contribution in [2.45, 2.75) is 42.7 Å². The van der Waals surface area contributed by atoms with E-state index in [-0.39, 0.29) is 12.8 Å². The third-order valence-electron chi connectivity index (χ3n) is 2.33. The first kappa shape index (κ1) is 16.0. The molecule has 3 nitrogen and oxygen atoms in total. The van der Waals surface area contributed by atoms with Gasteiger partial charge in [-0.15, -0.1) is 0 Å². The van der Waals surface area contributed by atoms with Crippen LogP contribution in [0.2, 0.25) is 0 Å². The summed E-state index contributed by atoms with van der Waals surface area (Å²) in [7, 11) is -4.64. The lowest BCUT2D eigenvalue weighted by Crippen LogP contribution is -2.53. The van der Waals surface area contributed by atoms with Gasteiger partial charge in [-0.25, -0.2) is 8.42 Å². The van der Waals surface area contributed by atoms with Gasteiger partial charge in [0.05, 0.1) is 0 Å². The predicted octanol–water partition coefficient (Wildman–Crippen LogP) is 2.54. The molecule has 96 valence electrons. The van der Waals surface area contributed by atoms with Crippen molar-refractivity contribution in [1.82, 2.24) is 0 Å². The van der Waals surface area contributed by atoms with Gasteiger partial charge in [0.25, 0.3) is 0 Å². The summed E-state index contributed by atoms with van der Waals surface area (Å²) >= 11 is 2.63. The van der Waals surface area contributed by atoms with Gasteiger partial charge in [-0.1, -0.05) is 29.8 Å². The summed E-state index contributed by atoms with van der Waals surface area (Å²) in [6, 6.07) is 0. The van der Waals surface area contributed by atoms with Crippen LogP contribution in [-0.4, -0.2) is 30.0 Å². The number of hydrogen-bond donors (Lipinski definition) is 0. The number of ketones is 1. The molecular weight excluding hydrogens is 306 g/mol. The third-order valence-corrected chi connectivity index (χ3v) is 5.38. The van der Waals surface area contributed by atoms with Gasteiger partial charge < -0.3 is 0 Å². The molecule has 1 atom stereocenters. The van der Waals surface area contributed by atoms with Crippen LogP contribution in [0.3, 0.4) is 0 Å². The number of halogens is 3. The minimum Gasteiger partial charge on any atom is -0.298 e. The van der Waals surface area contributed by atoms with Crippen LogP contribution < -0.4 is 0 Å². The Morgan fingerprint density at radius 1 is 1.31 bits per heavy atom. The molecule has 0 radical (unpaired) electrons. The second-order valence-corrected chi connectivity index (χ2v) is 7.03. The molecule has 7 heteroatoms. The summed E-state index contributed by atoms with van der Waals surface area (Å²) in [5.74, 6) is -0.784. The molecule has 0 aromatic rings. The molecule has 0 fully saturated rings. The first-order valence-electron chi connectivity index (χ1n) is 4.84. The van der Waals surface area contributed by atoms with E-state index >= 15 is 0 Å². The van der Waals surface area contributed by atoms with Crippen molar-refractivity contribution >= 4 is 31.6 Å². The van der Waals surface area contributed by atoms with E-state index in [0.29, 0.717) is 12.7 Å². The quantitative estimate of drug-likeness (QED) is 0.707. The van der Waals surface area contributed by atoms with Crippen LogP contribution in [0, 0.1) is 0 Å². The van der Waals surface area contributed by atoms with E-state index in [1.807, 2.05) is 0 Å². The average Bonchev–Trinajstić information content (AvgIpc) is 2.14. The molecule has 0 aliphatic carbocycles. The standard InChI is InChI=1S/C9H15BrF2O3S/c1-4-6-7(13)8(10,5-2)9(11,12)16(3,14)15/h4-6H2,1-3H3. The molecule has 0 spiro atoms. The summed E-state index contributed by atoms with van der Waals surface area (Å²) in [4.78, 5) is 11.6. The van der Waals surface area contributed by atoms with Crippen LogP contribution in [0.5, 0.6) is 0 Å². The highest BCUT2D eigenvalue weighted by molar-refractivity contribution is 9.10. The van der Waals surface area contributed by atoms with Gasteiger partial charge >= 0.3 is 5.25 Å². The minimum atomic E-state index is -4.64. The molecule has 0 aliphatic rings. The van der Waals surface area contributed by atoms with Crippen molar-refractivity contribution in [1.29, 1.82) is 0 Å². The number of Topliss-reactive ketones (excluding diaryl/α,β-unsaturated/α-hetero) is 1. The molecule has 0 rings (SSSR count). The van der Waals surface area contributed by atoms with Crippen LogP contribution in [-0.2, 0) is 14.6 Å². The number of carbonyl (C=O) groups excluding carboxylic acids is 1. The summed E-state index contributed by atoms with van der Waals surface area (Å²) in [5.41, 5.74) is 0. The molecule has 0 N–H and O–H groups in total. The van der Waals surface area contributed by atoms with Crippen LogP contribution >= 0.6 is 15.9 Å². The van der Waals surface area contributed by atoms with E-state index in [1.54, 1.807) is 6.92 Å². The third kappa shape index (κ3) is 2.61. The largest absolute Gasteiger partial charge is 0.367 e. The van der Waals surface area contributed by atoms with Gasteiger partial charge in [0.1, 0.15) is 0 Å². The molecule has 0 heterocycles. The zero-order valence-corrected chi connectivity index (χ0v) is 11.8. The fraction of sp³-hybridized carbons (Fsp3) is 0.889. The van der Waals surface area contributed by atoms with Crippen LogP contribution in [0.15, 0.2) is 0 Å². The SMILES string of the molecule is CCCC(=O)C(Br)(CC)C(F)(F)S(C)(=O)=O. The van der Waals surface area contributed by atoms with E-state index in [2.05, 4.69) is 15.9 Å². The monoisotopic (exact) mass is 320 g/mol. The molecular formula is C9H15BrF2O3S. The molecule has 16 heavy (non-hydrogen) atoms. The summed E-state index contributed by atoms with van der Waals surface area (Å²) in [6.45, 7) is 3.01. The molecule has 1 unspecified atom stereocenters. The fourth-order valence-corrected chi connectivity index (χ4v) is 3.21. The lowest BCUT2D eigenvalue weighted by molar-refractivity contribution is -0.126. The van der Waals surface area contributed by atoms with Crippen LogP contribution in [0.1, 0.15) is 33.1 Å².